The fourth-order valence-corrected chi connectivity index (χ4v) is 2.69. The molecule has 0 aromatic heterocycles. The van der Waals surface area contributed by atoms with Gasteiger partial charge in [0, 0.05) is 18.3 Å². The summed E-state index contributed by atoms with van der Waals surface area (Å²) in [5, 5.41) is 0. The Hall–Kier alpha value is -0.0900. The highest BCUT2D eigenvalue weighted by molar-refractivity contribution is 7.92. The van der Waals surface area contributed by atoms with Crippen LogP contribution in [0, 0.1) is 4.78 Å². The predicted molar refractivity (Wildman–Crippen MR) is 42.4 cm³/mol. The fraction of sp³-hybridized carbons (Fsp3) is 1.00. The lowest BCUT2D eigenvalue weighted by Crippen LogP contribution is -2.28. The quantitative estimate of drug-likeness (QED) is 0.617. The summed E-state index contributed by atoms with van der Waals surface area (Å²) < 4.78 is 18.4. The minimum atomic E-state index is -2.21. The molecular weight excluding hydrogens is 148 g/mol. The van der Waals surface area contributed by atoms with Crippen LogP contribution in [0.4, 0.5) is 0 Å². The molecule has 60 valence electrons. The second-order valence-electron chi connectivity index (χ2n) is 3.05. The van der Waals surface area contributed by atoms with Gasteiger partial charge in [0.05, 0.1) is 15.6 Å². The zero-order valence-corrected chi connectivity index (χ0v) is 7.28. The van der Waals surface area contributed by atoms with E-state index in [1.807, 2.05) is 0 Å². The first-order valence-corrected chi connectivity index (χ1v) is 5.39. The fourth-order valence-electron chi connectivity index (χ4n) is 1.07. The van der Waals surface area contributed by atoms with Gasteiger partial charge in [0.1, 0.15) is 0 Å². The van der Waals surface area contributed by atoms with Gasteiger partial charge in [0.25, 0.3) is 0 Å². The van der Waals surface area contributed by atoms with Crippen molar-refractivity contribution in [1.29, 1.82) is 4.78 Å². The summed E-state index contributed by atoms with van der Waals surface area (Å²) in [4.78, 5) is 2.09. The van der Waals surface area contributed by atoms with E-state index < -0.39 is 9.73 Å². The molecule has 0 spiro atoms. The Morgan fingerprint density at radius 2 is 2.20 bits per heavy atom. The van der Waals surface area contributed by atoms with Crippen LogP contribution in [0.15, 0.2) is 0 Å². The van der Waals surface area contributed by atoms with Gasteiger partial charge in [-0.15, -0.1) is 0 Å². The molecule has 0 aromatic rings. The molecule has 4 heteroatoms. The summed E-state index contributed by atoms with van der Waals surface area (Å²) in [5.74, 6) is 1.04. The summed E-state index contributed by atoms with van der Waals surface area (Å²) in [6, 6.07) is 0.439. The van der Waals surface area contributed by atoms with Gasteiger partial charge in [-0.1, -0.05) is 0 Å². The van der Waals surface area contributed by atoms with Gasteiger partial charge in [0.15, 0.2) is 0 Å². The largest absolute Gasteiger partial charge is 0.288 e. The second-order valence-corrected chi connectivity index (χ2v) is 5.34. The van der Waals surface area contributed by atoms with Crippen LogP contribution in [0.3, 0.4) is 0 Å². The Kier molecular flexibility index (Phi) is 2.01. The van der Waals surface area contributed by atoms with Gasteiger partial charge < -0.3 is 0 Å². The van der Waals surface area contributed by atoms with Crippen LogP contribution in [-0.4, -0.2) is 33.3 Å². The van der Waals surface area contributed by atoms with E-state index in [1.165, 1.54) is 0 Å². The molecule has 1 unspecified atom stereocenters. The minimum absolute atomic E-state index is 0.439. The molecule has 1 rings (SSSR count). The summed E-state index contributed by atoms with van der Waals surface area (Å²) in [6.07, 6.45) is 0. The Labute approximate surface area is 62.4 Å². The van der Waals surface area contributed by atoms with E-state index in [0.717, 1.165) is 6.54 Å². The molecule has 1 atom stereocenters. The molecule has 0 aromatic carbocycles. The smallest absolute Gasteiger partial charge is 0.0832 e. The molecule has 0 bridgehead atoms. The van der Waals surface area contributed by atoms with E-state index in [9.17, 15) is 4.21 Å². The molecule has 1 saturated heterocycles. The Morgan fingerprint density at radius 1 is 1.60 bits per heavy atom. The SMILES string of the molecule is CC(C)N1CCS(=N)(=O)C1. The van der Waals surface area contributed by atoms with Gasteiger partial charge in [-0.25, -0.2) is 4.21 Å². The molecule has 1 aliphatic heterocycles. The first kappa shape index (κ1) is 8.01. The van der Waals surface area contributed by atoms with Crippen molar-refractivity contribution in [1.82, 2.24) is 4.90 Å². The Bertz CT molecular complexity index is 208. The van der Waals surface area contributed by atoms with Crippen molar-refractivity contribution in [2.45, 2.75) is 19.9 Å². The lowest BCUT2D eigenvalue weighted by Gasteiger charge is -2.17. The maximum absolute atomic E-state index is 11.1. The summed E-state index contributed by atoms with van der Waals surface area (Å²) >= 11 is 0. The summed E-state index contributed by atoms with van der Waals surface area (Å²) in [7, 11) is -2.21. The van der Waals surface area contributed by atoms with Crippen molar-refractivity contribution >= 4 is 9.73 Å². The molecule has 0 saturated carbocycles. The zero-order valence-electron chi connectivity index (χ0n) is 6.46. The lowest BCUT2D eigenvalue weighted by molar-refractivity contribution is 0.290. The van der Waals surface area contributed by atoms with Crippen LogP contribution < -0.4 is 0 Å². The third kappa shape index (κ3) is 1.70. The third-order valence-electron chi connectivity index (χ3n) is 1.81. The molecule has 0 aliphatic carbocycles. The minimum Gasteiger partial charge on any atom is -0.288 e. The van der Waals surface area contributed by atoms with E-state index in [1.54, 1.807) is 0 Å². The van der Waals surface area contributed by atoms with Gasteiger partial charge in [-0.05, 0) is 13.8 Å². The van der Waals surface area contributed by atoms with Crippen molar-refractivity contribution in [3.8, 4) is 0 Å². The molecule has 1 heterocycles. The van der Waals surface area contributed by atoms with Crippen LogP contribution >= 0.6 is 0 Å². The zero-order chi connectivity index (χ0) is 7.78. The van der Waals surface area contributed by atoms with Gasteiger partial charge >= 0.3 is 0 Å². The number of nitrogens with zero attached hydrogens (tertiary/aromatic N) is 1. The van der Waals surface area contributed by atoms with Crippen molar-refractivity contribution in [3.05, 3.63) is 0 Å². The first-order valence-electron chi connectivity index (χ1n) is 3.49. The van der Waals surface area contributed by atoms with Crippen LogP contribution in [0.5, 0.6) is 0 Å². The average Bonchev–Trinajstić information content (AvgIpc) is 2.10. The van der Waals surface area contributed by atoms with Crippen molar-refractivity contribution in [3.63, 3.8) is 0 Å². The maximum atomic E-state index is 11.1. The van der Waals surface area contributed by atoms with Crippen molar-refractivity contribution < 1.29 is 4.21 Å². The molecule has 10 heavy (non-hydrogen) atoms. The van der Waals surface area contributed by atoms with Crippen LogP contribution in [0.2, 0.25) is 0 Å². The number of rotatable bonds is 1. The summed E-state index contributed by atoms with van der Waals surface area (Å²) in [5.41, 5.74) is 0. The number of nitrogens with one attached hydrogen (secondary N) is 1. The molecular formula is C6H14N2OS. The van der Waals surface area contributed by atoms with E-state index >= 15 is 0 Å². The highest BCUT2D eigenvalue weighted by Gasteiger charge is 2.23. The highest BCUT2D eigenvalue weighted by Crippen LogP contribution is 2.10. The van der Waals surface area contributed by atoms with E-state index in [0.29, 0.717) is 17.7 Å². The van der Waals surface area contributed by atoms with Crippen LogP contribution in [-0.2, 0) is 9.73 Å². The van der Waals surface area contributed by atoms with Crippen molar-refractivity contribution in [2.75, 3.05) is 18.2 Å². The molecule has 3 nitrogen and oxygen atoms in total. The second kappa shape index (κ2) is 2.51. The average molecular weight is 162 g/mol. The van der Waals surface area contributed by atoms with E-state index in [4.69, 9.17) is 4.78 Å². The van der Waals surface area contributed by atoms with Gasteiger partial charge in [-0.2, -0.15) is 0 Å². The Balaban J connectivity index is 2.60. The number of hydrogen-bond donors (Lipinski definition) is 1. The maximum Gasteiger partial charge on any atom is 0.0832 e. The van der Waals surface area contributed by atoms with Gasteiger partial charge in [0.2, 0.25) is 0 Å². The van der Waals surface area contributed by atoms with E-state index in [-0.39, 0.29) is 0 Å². The lowest BCUT2D eigenvalue weighted by atomic mass is 10.3. The van der Waals surface area contributed by atoms with Crippen LogP contribution in [0.1, 0.15) is 13.8 Å². The van der Waals surface area contributed by atoms with E-state index in [2.05, 4.69) is 18.7 Å². The standard InChI is InChI=1S/C6H14N2OS/c1-6(2)8-3-4-10(7,9)5-8/h6-7H,3-5H2,1-2H3. The van der Waals surface area contributed by atoms with Crippen molar-refractivity contribution in [2.24, 2.45) is 0 Å². The molecule has 0 radical (unpaired) electrons. The molecule has 1 aliphatic rings. The van der Waals surface area contributed by atoms with Gasteiger partial charge in [-0.3, -0.25) is 9.68 Å². The monoisotopic (exact) mass is 162 g/mol. The summed E-state index contributed by atoms with van der Waals surface area (Å²) in [6.45, 7) is 4.97. The number of hydrogen-bond acceptors (Lipinski definition) is 3. The van der Waals surface area contributed by atoms with Crippen LogP contribution in [0.25, 0.3) is 0 Å². The molecule has 1 N–H and O–H groups in total. The Morgan fingerprint density at radius 3 is 2.40 bits per heavy atom. The normalized spacial score (nSPS) is 35.5. The predicted octanol–water partition coefficient (Wildman–Crippen LogP) is 0.715. The topological polar surface area (TPSA) is 44.2 Å². The molecule has 1 fully saturated rings. The third-order valence-corrected chi connectivity index (χ3v) is 3.40. The highest BCUT2D eigenvalue weighted by atomic mass is 32.2. The first-order chi connectivity index (χ1) is 4.51. The molecule has 0 amide bonds.